The van der Waals surface area contributed by atoms with Gasteiger partial charge in [0.25, 0.3) is 5.51 Å². The monoisotopic (exact) mass is 170 g/mol. The number of aromatic nitrogens is 1. The zero-order valence-electron chi connectivity index (χ0n) is 6.40. The number of hydrogen-bond donors (Lipinski definition) is 0. The zero-order valence-corrected chi connectivity index (χ0v) is 7.22. The molecule has 0 aromatic carbocycles. The lowest BCUT2D eigenvalue weighted by molar-refractivity contribution is -0.895. The van der Waals surface area contributed by atoms with Crippen molar-refractivity contribution in [1.82, 2.24) is 0 Å². The minimum atomic E-state index is 0.467. The van der Waals surface area contributed by atoms with Gasteiger partial charge < -0.3 is 0 Å². The van der Waals surface area contributed by atoms with Crippen molar-refractivity contribution in [2.45, 2.75) is 31.8 Å². The Balaban J connectivity index is 1.90. The van der Waals surface area contributed by atoms with Crippen molar-refractivity contribution >= 4 is 11.3 Å². The lowest BCUT2D eigenvalue weighted by Crippen LogP contribution is -2.44. The summed E-state index contributed by atoms with van der Waals surface area (Å²) in [5.74, 6) is 0. The lowest BCUT2D eigenvalue weighted by Gasteiger charge is -2.01. The van der Waals surface area contributed by atoms with Crippen LogP contribution in [0.4, 0.5) is 0 Å². The molecule has 0 spiro atoms. The second kappa shape index (κ2) is 3.22. The topological polar surface area (TPSA) is 13.1 Å². The van der Waals surface area contributed by atoms with Crippen molar-refractivity contribution in [2.24, 2.45) is 0 Å². The van der Waals surface area contributed by atoms with Gasteiger partial charge in [0, 0.05) is 4.73 Å². The molecular formula is C8H12NOS+. The summed E-state index contributed by atoms with van der Waals surface area (Å²) in [6.07, 6.45) is 7.54. The van der Waals surface area contributed by atoms with Crippen LogP contribution < -0.4 is 9.57 Å². The van der Waals surface area contributed by atoms with Crippen LogP contribution in [-0.4, -0.2) is 6.10 Å². The Bertz CT molecular complexity index is 204. The van der Waals surface area contributed by atoms with Crippen molar-refractivity contribution in [1.29, 1.82) is 0 Å². The Morgan fingerprint density at radius 3 is 2.82 bits per heavy atom. The van der Waals surface area contributed by atoms with E-state index in [0.717, 1.165) is 0 Å². The Labute approximate surface area is 70.4 Å². The third kappa shape index (κ3) is 1.71. The maximum absolute atomic E-state index is 5.64. The van der Waals surface area contributed by atoms with Gasteiger partial charge in [0.15, 0.2) is 6.10 Å². The summed E-state index contributed by atoms with van der Waals surface area (Å²) in [5, 5.41) is 2.02. The first kappa shape index (κ1) is 7.10. The molecule has 11 heavy (non-hydrogen) atoms. The van der Waals surface area contributed by atoms with Gasteiger partial charge in [-0.05, 0) is 25.7 Å². The predicted octanol–water partition coefficient (Wildman–Crippen LogP) is 1.41. The van der Waals surface area contributed by atoms with Gasteiger partial charge in [0.2, 0.25) is 6.20 Å². The molecule has 0 atom stereocenters. The van der Waals surface area contributed by atoms with Crippen LogP contribution in [0, 0.1) is 0 Å². The van der Waals surface area contributed by atoms with Crippen LogP contribution in [0.25, 0.3) is 0 Å². The van der Waals surface area contributed by atoms with E-state index in [1.165, 1.54) is 25.7 Å². The van der Waals surface area contributed by atoms with Crippen molar-refractivity contribution in [2.75, 3.05) is 0 Å². The standard InChI is InChI=1S/C8H12NOS/c1-2-4-8(3-1)10-9-5-6-11-7-9/h5-8H,1-4H2/q+1. The summed E-state index contributed by atoms with van der Waals surface area (Å²) >= 11 is 1.66. The van der Waals surface area contributed by atoms with E-state index >= 15 is 0 Å². The minimum Gasteiger partial charge on any atom is -0.267 e. The molecule has 1 aliphatic carbocycles. The van der Waals surface area contributed by atoms with Gasteiger partial charge in [0.05, 0.1) is 5.38 Å². The summed E-state index contributed by atoms with van der Waals surface area (Å²) in [7, 11) is 0. The van der Waals surface area contributed by atoms with Crippen molar-refractivity contribution in [3.63, 3.8) is 0 Å². The SMILES string of the molecule is c1c[n+](OC2CCCC2)cs1. The fraction of sp³-hybridized carbons (Fsp3) is 0.625. The van der Waals surface area contributed by atoms with Gasteiger partial charge in [-0.15, -0.1) is 0 Å². The Kier molecular flexibility index (Phi) is 2.08. The highest BCUT2D eigenvalue weighted by molar-refractivity contribution is 7.07. The summed E-state index contributed by atoms with van der Waals surface area (Å²) in [5.41, 5.74) is 1.98. The first-order valence-electron chi connectivity index (χ1n) is 4.06. The maximum Gasteiger partial charge on any atom is 0.276 e. The van der Waals surface area contributed by atoms with Crippen LogP contribution >= 0.6 is 11.3 Å². The van der Waals surface area contributed by atoms with E-state index in [1.54, 1.807) is 11.3 Å². The summed E-state index contributed by atoms with van der Waals surface area (Å²) in [6.45, 7) is 0. The molecule has 1 fully saturated rings. The van der Waals surface area contributed by atoms with E-state index in [1.807, 2.05) is 21.8 Å². The summed E-state index contributed by atoms with van der Waals surface area (Å²) in [6, 6.07) is 0. The molecule has 0 bridgehead atoms. The molecule has 0 radical (unpaired) electrons. The van der Waals surface area contributed by atoms with Crippen molar-refractivity contribution < 1.29 is 9.57 Å². The first-order valence-corrected chi connectivity index (χ1v) is 5.00. The third-order valence-corrected chi connectivity index (χ3v) is 2.63. The van der Waals surface area contributed by atoms with E-state index in [-0.39, 0.29) is 0 Å². The van der Waals surface area contributed by atoms with Gasteiger partial charge in [-0.25, -0.2) is 0 Å². The predicted molar refractivity (Wildman–Crippen MR) is 43.4 cm³/mol. The van der Waals surface area contributed by atoms with Crippen LogP contribution in [-0.2, 0) is 0 Å². The Morgan fingerprint density at radius 2 is 2.18 bits per heavy atom. The molecule has 0 amide bonds. The number of hydrogen-bond acceptors (Lipinski definition) is 2. The maximum atomic E-state index is 5.64. The molecule has 2 rings (SSSR count). The van der Waals surface area contributed by atoms with Crippen LogP contribution in [0.15, 0.2) is 17.1 Å². The zero-order chi connectivity index (χ0) is 7.52. The van der Waals surface area contributed by atoms with Gasteiger partial charge >= 0.3 is 0 Å². The second-order valence-corrected chi connectivity index (χ2v) is 3.65. The molecular weight excluding hydrogens is 158 g/mol. The average molecular weight is 170 g/mol. The summed E-state index contributed by atoms with van der Waals surface area (Å²) < 4.78 is 1.82. The fourth-order valence-corrected chi connectivity index (χ4v) is 1.95. The molecule has 3 heteroatoms. The molecule has 1 aliphatic rings. The first-order chi connectivity index (χ1) is 5.45. The average Bonchev–Trinajstić information content (AvgIpc) is 2.60. The normalized spacial score (nSPS) is 18.9. The molecule has 0 aliphatic heterocycles. The van der Waals surface area contributed by atoms with Crippen LogP contribution in [0.1, 0.15) is 25.7 Å². The van der Waals surface area contributed by atoms with E-state index in [9.17, 15) is 0 Å². The Morgan fingerprint density at radius 1 is 1.36 bits per heavy atom. The number of thiazole rings is 1. The quantitative estimate of drug-likeness (QED) is 0.612. The smallest absolute Gasteiger partial charge is 0.267 e. The van der Waals surface area contributed by atoms with E-state index < -0.39 is 0 Å². The van der Waals surface area contributed by atoms with E-state index in [0.29, 0.717) is 6.10 Å². The highest BCUT2D eigenvalue weighted by atomic mass is 32.1. The highest BCUT2D eigenvalue weighted by Crippen LogP contribution is 2.17. The molecule has 0 N–H and O–H groups in total. The molecule has 0 saturated heterocycles. The minimum absolute atomic E-state index is 0.467. The molecule has 1 heterocycles. The van der Waals surface area contributed by atoms with Gasteiger partial charge in [0.1, 0.15) is 0 Å². The number of nitrogens with zero attached hydrogens (tertiary/aromatic N) is 1. The largest absolute Gasteiger partial charge is 0.276 e. The van der Waals surface area contributed by atoms with Crippen molar-refractivity contribution in [3.05, 3.63) is 17.1 Å². The third-order valence-electron chi connectivity index (χ3n) is 2.02. The second-order valence-electron chi connectivity index (χ2n) is 2.90. The van der Waals surface area contributed by atoms with Crippen LogP contribution in [0.3, 0.4) is 0 Å². The lowest BCUT2D eigenvalue weighted by atomic mass is 10.3. The Hall–Kier alpha value is -0.570. The molecule has 1 aromatic heterocycles. The van der Waals surface area contributed by atoms with Gasteiger partial charge in [-0.3, -0.25) is 4.84 Å². The molecule has 1 aromatic rings. The fourth-order valence-electron chi connectivity index (χ4n) is 1.45. The van der Waals surface area contributed by atoms with Crippen molar-refractivity contribution in [3.8, 4) is 0 Å². The highest BCUT2D eigenvalue weighted by Gasteiger charge is 2.20. The van der Waals surface area contributed by atoms with E-state index in [2.05, 4.69) is 0 Å². The number of rotatable bonds is 2. The van der Waals surface area contributed by atoms with Crippen LogP contribution in [0.5, 0.6) is 0 Å². The van der Waals surface area contributed by atoms with E-state index in [4.69, 9.17) is 4.84 Å². The van der Waals surface area contributed by atoms with Crippen LogP contribution in [0.2, 0.25) is 0 Å². The summed E-state index contributed by atoms with van der Waals surface area (Å²) in [4.78, 5) is 5.64. The van der Waals surface area contributed by atoms with Gasteiger partial charge in [-0.2, -0.15) is 0 Å². The molecule has 1 saturated carbocycles. The molecule has 0 unspecified atom stereocenters. The molecule has 60 valence electrons. The van der Waals surface area contributed by atoms with Gasteiger partial charge in [-0.1, -0.05) is 11.3 Å². The molecule has 2 nitrogen and oxygen atoms in total.